The maximum atomic E-state index is 12.2. The first kappa shape index (κ1) is 22.2. The van der Waals surface area contributed by atoms with Gasteiger partial charge in [-0.3, -0.25) is 13.6 Å². The maximum absolute atomic E-state index is 12.2. The van der Waals surface area contributed by atoms with E-state index < -0.39 is 22.8 Å². The van der Waals surface area contributed by atoms with Crippen molar-refractivity contribution in [1.29, 1.82) is 0 Å². The van der Waals surface area contributed by atoms with Crippen LogP contribution in [0.1, 0.15) is 10.4 Å². The Labute approximate surface area is 191 Å². The first-order valence-corrected chi connectivity index (χ1v) is 12.2. The largest absolute Gasteiger partial charge is 0.493 e. The molecule has 168 valence electrons. The number of anilines is 1. The Morgan fingerprint density at radius 2 is 2.19 bits per heavy atom. The fraction of sp³-hybridized carbons (Fsp3) is 0.286. The normalized spacial score (nSPS) is 14.4. The number of nitrogens with one attached hydrogen (secondary N) is 2. The van der Waals surface area contributed by atoms with Crippen molar-refractivity contribution >= 4 is 39.3 Å². The molecule has 1 unspecified atom stereocenters. The Morgan fingerprint density at radius 1 is 1.34 bits per heavy atom. The molecule has 1 atom stereocenters. The number of thiazole rings is 1. The summed E-state index contributed by atoms with van der Waals surface area (Å²) in [4.78, 5) is 28.8. The van der Waals surface area contributed by atoms with Crippen LogP contribution >= 0.6 is 11.3 Å². The fourth-order valence-electron chi connectivity index (χ4n) is 2.90. The van der Waals surface area contributed by atoms with Crippen molar-refractivity contribution in [3.63, 3.8) is 0 Å². The van der Waals surface area contributed by atoms with Gasteiger partial charge in [0.1, 0.15) is 16.7 Å². The highest BCUT2D eigenvalue weighted by Gasteiger charge is 2.19. The molecule has 2 N–H and O–H groups in total. The zero-order chi connectivity index (χ0) is 22.5. The summed E-state index contributed by atoms with van der Waals surface area (Å²) in [6.45, 7) is 1.89. The molecule has 0 radical (unpaired) electrons. The molecule has 32 heavy (non-hydrogen) atoms. The number of amides is 2. The standard InChI is InChI=1S/C21H22N4O5S2/c1-32(28)25-6-5-16(9-25)20(27)22-8-19(26)24-21-23-18(13-31-21)15-3-2-4-17(7-15)30-12-14-10-29-11-14/h2-7,9,13-14H,8,10-12H2,1H3,(H,22,27)(H,23,24,26). The minimum Gasteiger partial charge on any atom is -0.493 e. The SMILES string of the molecule is CS(=O)n1ccc(C(=O)NCC(=O)Nc2nc(-c3cccc(OCC4COC4)c3)cs2)c1. The van der Waals surface area contributed by atoms with E-state index in [2.05, 4.69) is 15.6 Å². The number of carbonyl (C=O) groups excluding carboxylic acids is 2. The molecule has 4 rings (SSSR count). The molecule has 1 aliphatic heterocycles. The monoisotopic (exact) mass is 474 g/mol. The van der Waals surface area contributed by atoms with Gasteiger partial charge in [-0.1, -0.05) is 12.1 Å². The van der Waals surface area contributed by atoms with Crippen LogP contribution in [0.25, 0.3) is 11.3 Å². The van der Waals surface area contributed by atoms with Crippen LogP contribution in [-0.4, -0.2) is 57.6 Å². The Kier molecular flexibility index (Phi) is 6.98. The number of carbonyl (C=O) groups is 2. The second-order valence-corrected chi connectivity index (χ2v) is 9.32. The topological polar surface area (TPSA) is 112 Å². The molecule has 0 bridgehead atoms. The highest BCUT2D eigenvalue weighted by atomic mass is 32.2. The van der Waals surface area contributed by atoms with E-state index in [0.717, 1.165) is 30.2 Å². The van der Waals surface area contributed by atoms with Crippen molar-refractivity contribution in [3.8, 4) is 17.0 Å². The van der Waals surface area contributed by atoms with E-state index in [9.17, 15) is 13.8 Å². The molecule has 2 aromatic heterocycles. The number of aromatic nitrogens is 2. The molecule has 1 fully saturated rings. The van der Waals surface area contributed by atoms with Crippen LogP contribution in [-0.2, 0) is 20.5 Å². The van der Waals surface area contributed by atoms with E-state index >= 15 is 0 Å². The first-order chi connectivity index (χ1) is 15.5. The van der Waals surface area contributed by atoms with Crippen LogP contribution < -0.4 is 15.4 Å². The predicted octanol–water partition coefficient (Wildman–Crippen LogP) is 2.15. The van der Waals surface area contributed by atoms with Crippen LogP contribution in [0.3, 0.4) is 0 Å². The van der Waals surface area contributed by atoms with Gasteiger partial charge in [0.15, 0.2) is 5.13 Å². The molecule has 9 nitrogen and oxygen atoms in total. The second kappa shape index (κ2) is 10.1. The number of nitrogens with zero attached hydrogens (tertiary/aromatic N) is 2. The Morgan fingerprint density at radius 3 is 2.91 bits per heavy atom. The van der Waals surface area contributed by atoms with Crippen LogP contribution in [0, 0.1) is 5.92 Å². The number of hydrogen-bond donors (Lipinski definition) is 2. The summed E-state index contributed by atoms with van der Waals surface area (Å²) in [7, 11) is -1.24. The van der Waals surface area contributed by atoms with Gasteiger partial charge >= 0.3 is 0 Å². The summed E-state index contributed by atoms with van der Waals surface area (Å²) in [5.74, 6) is 0.388. The molecule has 11 heteroatoms. The summed E-state index contributed by atoms with van der Waals surface area (Å²) >= 11 is 1.30. The zero-order valence-electron chi connectivity index (χ0n) is 17.3. The van der Waals surface area contributed by atoms with Crippen LogP contribution in [0.4, 0.5) is 5.13 Å². The first-order valence-electron chi connectivity index (χ1n) is 9.84. The lowest BCUT2D eigenvalue weighted by atomic mass is 10.1. The number of rotatable bonds is 9. The average Bonchev–Trinajstić information content (AvgIpc) is 3.41. The third kappa shape index (κ3) is 5.61. The smallest absolute Gasteiger partial charge is 0.253 e. The number of hydrogen-bond acceptors (Lipinski definition) is 7. The van der Waals surface area contributed by atoms with E-state index in [1.54, 1.807) is 12.3 Å². The summed E-state index contributed by atoms with van der Waals surface area (Å²) < 4.78 is 23.8. The fourth-order valence-corrected chi connectivity index (χ4v) is 4.13. The van der Waals surface area contributed by atoms with Crippen molar-refractivity contribution < 1.29 is 23.3 Å². The molecule has 0 spiro atoms. The molecular weight excluding hydrogens is 452 g/mol. The number of benzene rings is 1. The molecule has 0 saturated carbocycles. The lowest BCUT2D eigenvalue weighted by Crippen LogP contribution is -2.32. The second-order valence-electron chi connectivity index (χ2n) is 7.19. The molecule has 1 aromatic carbocycles. The molecule has 3 aromatic rings. The van der Waals surface area contributed by atoms with Crippen molar-refractivity contribution in [1.82, 2.24) is 14.3 Å². The van der Waals surface area contributed by atoms with Crippen molar-refractivity contribution in [2.45, 2.75) is 0 Å². The van der Waals surface area contributed by atoms with E-state index in [4.69, 9.17) is 9.47 Å². The van der Waals surface area contributed by atoms with E-state index in [0.29, 0.717) is 23.2 Å². The minimum atomic E-state index is -1.24. The highest BCUT2D eigenvalue weighted by Crippen LogP contribution is 2.28. The Balaban J connectivity index is 1.29. The lowest BCUT2D eigenvalue weighted by molar-refractivity contribution is -0.115. The highest BCUT2D eigenvalue weighted by molar-refractivity contribution is 7.82. The third-order valence-electron chi connectivity index (χ3n) is 4.71. The van der Waals surface area contributed by atoms with Crippen LogP contribution in [0.15, 0.2) is 48.1 Å². The summed E-state index contributed by atoms with van der Waals surface area (Å²) in [6.07, 6.45) is 4.52. The van der Waals surface area contributed by atoms with Gasteiger partial charge in [0.25, 0.3) is 5.91 Å². The van der Waals surface area contributed by atoms with Crippen molar-refractivity contribution in [2.24, 2.45) is 5.92 Å². The lowest BCUT2D eigenvalue weighted by Gasteiger charge is -2.25. The van der Waals surface area contributed by atoms with Gasteiger partial charge in [-0.2, -0.15) is 0 Å². The van der Waals surface area contributed by atoms with Crippen molar-refractivity contribution in [2.75, 3.05) is 37.9 Å². The van der Waals surface area contributed by atoms with E-state index in [1.807, 2.05) is 29.6 Å². The van der Waals surface area contributed by atoms with E-state index in [1.165, 1.54) is 27.8 Å². The average molecular weight is 475 g/mol. The van der Waals surface area contributed by atoms with Gasteiger partial charge in [0.2, 0.25) is 5.91 Å². The molecule has 3 heterocycles. The van der Waals surface area contributed by atoms with Gasteiger partial charge in [-0.15, -0.1) is 11.3 Å². The molecule has 1 saturated heterocycles. The van der Waals surface area contributed by atoms with Crippen LogP contribution in [0.2, 0.25) is 0 Å². The van der Waals surface area contributed by atoms with Gasteiger partial charge < -0.3 is 20.1 Å². The summed E-state index contributed by atoms with van der Waals surface area (Å²) in [6, 6.07) is 9.18. The maximum Gasteiger partial charge on any atom is 0.253 e. The Bertz CT molecular complexity index is 1140. The Hall–Kier alpha value is -3.02. The molecule has 1 aliphatic rings. The van der Waals surface area contributed by atoms with Gasteiger partial charge in [0, 0.05) is 35.5 Å². The van der Waals surface area contributed by atoms with Crippen LogP contribution in [0.5, 0.6) is 5.75 Å². The van der Waals surface area contributed by atoms with Gasteiger partial charge in [-0.05, 0) is 18.2 Å². The predicted molar refractivity (Wildman–Crippen MR) is 122 cm³/mol. The minimum absolute atomic E-state index is 0.206. The van der Waals surface area contributed by atoms with Gasteiger partial charge in [0.05, 0.1) is 37.6 Å². The summed E-state index contributed by atoms with van der Waals surface area (Å²) in [5, 5.41) is 7.51. The quantitative estimate of drug-likeness (QED) is 0.492. The summed E-state index contributed by atoms with van der Waals surface area (Å²) in [5.41, 5.74) is 1.94. The third-order valence-corrected chi connectivity index (χ3v) is 6.29. The molecule has 2 amide bonds. The zero-order valence-corrected chi connectivity index (χ0v) is 18.9. The number of ether oxygens (including phenoxy) is 2. The van der Waals surface area contributed by atoms with Crippen molar-refractivity contribution in [3.05, 3.63) is 53.7 Å². The van der Waals surface area contributed by atoms with E-state index in [-0.39, 0.29) is 6.54 Å². The van der Waals surface area contributed by atoms with Gasteiger partial charge in [-0.25, -0.2) is 9.19 Å². The molecular formula is C21H22N4O5S2. The molecule has 0 aliphatic carbocycles.